The molecule has 0 spiro atoms. The predicted octanol–water partition coefficient (Wildman–Crippen LogP) is 3.80. The fourth-order valence-electron chi connectivity index (χ4n) is 4.49. The molecule has 2 aromatic rings. The third-order valence-corrected chi connectivity index (χ3v) is 8.14. The van der Waals surface area contributed by atoms with Crippen LogP contribution in [0.15, 0.2) is 47.4 Å². The monoisotopic (exact) mass is 460 g/mol. The number of carbonyl (C=O) groups excluding carboxylic acids is 2. The Morgan fingerprint density at radius 2 is 1.68 bits per heavy atom. The molecule has 164 valence electrons. The molecule has 1 heterocycles. The van der Waals surface area contributed by atoms with Crippen molar-refractivity contribution in [3.05, 3.63) is 64.2 Å². The number of nitrogens with zero attached hydrogens (tertiary/aromatic N) is 1. The summed E-state index contributed by atoms with van der Waals surface area (Å²) in [5.74, 6) is -0.688. The number of likely N-dealkylation sites (tertiary alicyclic amines) is 1. The van der Waals surface area contributed by atoms with Gasteiger partial charge < -0.3 is 0 Å². The van der Waals surface area contributed by atoms with E-state index in [4.69, 9.17) is 11.6 Å². The summed E-state index contributed by atoms with van der Waals surface area (Å²) in [6.45, 7) is 1.88. The van der Waals surface area contributed by atoms with Crippen LogP contribution in [0, 0.1) is 18.8 Å². The number of halogens is 1. The molecule has 31 heavy (non-hydrogen) atoms. The van der Waals surface area contributed by atoms with Crippen LogP contribution in [-0.2, 0) is 32.7 Å². The van der Waals surface area contributed by atoms with Crippen molar-refractivity contribution in [2.75, 3.05) is 0 Å². The van der Waals surface area contributed by atoms with E-state index in [2.05, 4.69) is 4.72 Å². The van der Waals surface area contributed by atoms with Crippen LogP contribution >= 0.6 is 11.6 Å². The number of rotatable bonds is 6. The Morgan fingerprint density at radius 1 is 1.03 bits per heavy atom. The van der Waals surface area contributed by atoms with E-state index in [0.717, 1.165) is 25.7 Å². The summed E-state index contributed by atoms with van der Waals surface area (Å²) in [5.41, 5.74) is 1.88. The zero-order valence-electron chi connectivity index (χ0n) is 17.3. The highest BCUT2D eigenvalue weighted by molar-refractivity contribution is 7.89. The van der Waals surface area contributed by atoms with Gasteiger partial charge in [-0.1, -0.05) is 54.8 Å². The van der Waals surface area contributed by atoms with Crippen molar-refractivity contribution in [3.63, 3.8) is 0 Å². The summed E-state index contributed by atoms with van der Waals surface area (Å²) in [5, 5.41) is 0.489. The average Bonchev–Trinajstić information content (AvgIpc) is 2.99. The van der Waals surface area contributed by atoms with E-state index < -0.39 is 10.0 Å². The van der Waals surface area contributed by atoms with Crippen molar-refractivity contribution in [1.29, 1.82) is 0 Å². The first-order valence-electron chi connectivity index (χ1n) is 10.5. The Hall–Kier alpha value is -2.22. The predicted molar refractivity (Wildman–Crippen MR) is 118 cm³/mol. The highest BCUT2D eigenvalue weighted by atomic mass is 35.5. The number of sulfonamides is 1. The number of nitrogens with one attached hydrogen (secondary N) is 1. The number of fused-ring (bicyclic) bond motifs is 1. The molecule has 0 bridgehead atoms. The molecule has 2 aromatic carbocycles. The lowest BCUT2D eigenvalue weighted by molar-refractivity contribution is -0.140. The highest BCUT2D eigenvalue weighted by Gasteiger charge is 2.47. The van der Waals surface area contributed by atoms with Crippen molar-refractivity contribution in [2.24, 2.45) is 11.8 Å². The minimum Gasteiger partial charge on any atom is -0.278 e. The molecule has 2 aliphatic rings. The number of aryl methyl sites for hydroxylation is 1. The number of carbonyl (C=O) groups is 2. The molecule has 1 aliphatic heterocycles. The van der Waals surface area contributed by atoms with Gasteiger partial charge in [0.25, 0.3) is 0 Å². The summed E-state index contributed by atoms with van der Waals surface area (Å²) in [4.78, 5) is 27.0. The van der Waals surface area contributed by atoms with E-state index in [1.54, 1.807) is 49.4 Å². The SMILES string of the molecule is Cc1ccc(CN2C(=O)[C@H]3CCCC[C@@H]3C2=O)cc1S(=O)(=O)NCc1ccccc1Cl. The van der Waals surface area contributed by atoms with Gasteiger partial charge in [-0.05, 0) is 48.6 Å². The minimum atomic E-state index is -3.81. The van der Waals surface area contributed by atoms with Gasteiger partial charge in [0.05, 0.1) is 23.3 Å². The van der Waals surface area contributed by atoms with Gasteiger partial charge in [0, 0.05) is 11.6 Å². The molecular weight excluding hydrogens is 436 g/mol. The molecule has 1 saturated heterocycles. The lowest BCUT2D eigenvalue weighted by atomic mass is 9.81. The molecule has 1 aliphatic carbocycles. The largest absolute Gasteiger partial charge is 0.278 e. The first-order valence-corrected chi connectivity index (χ1v) is 12.3. The van der Waals surface area contributed by atoms with E-state index >= 15 is 0 Å². The Kier molecular flexibility index (Phi) is 6.19. The van der Waals surface area contributed by atoms with Crippen molar-refractivity contribution in [3.8, 4) is 0 Å². The number of amides is 2. The minimum absolute atomic E-state index is 0.0676. The summed E-state index contributed by atoms with van der Waals surface area (Å²) >= 11 is 6.13. The van der Waals surface area contributed by atoms with Crippen molar-refractivity contribution in [2.45, 2.75) is 50.6 Å². The topological polar surface area (TPSA) is 83.6 Å². The molecule has 6 nitrogen and oxygen atoms in total. The average molecular weight is 461 g/mol. The number of hydrogen-bond donors (Lipinski definition) is 1. The first kappa shape index (κ1) is 22.0. The summed E-state index contributed by atoms with van der Waals surface area (Å²) in [7, 11) is -3.81. The van der Waals surface area contributed by atoms with Crippen LogP contribution in [0.5, 0.6) is 0 Å². The number of imide groups is 1. The fourth-order valence-corrected chi connectivity index (χ4v) is 6.00. The second kappa shape index (κ2) is 8.73. The summed E-state index contributed by atoms with van der Waals surface area (Å²) in [6, 6.07) is 12.1. The molecule has 4 rings (SSSR count). The van der Waals surface area contributed by atoms with Crippen LogP contribution < -0.4 is 4.72 Å². The quantitative estimate of drug-likeness (QED) is 0.664. The van der Waals surface area contributed by atoms with Gasteiger partial charge in [0.2, 0.25) is 21.8 Å². The molecule has 8 heteroatoms. The fraction of sp³-hybridized carbons (Fsp3) is 0.391. The molecule has 0 aromatic heterocycles. The lowest BCUT2D eigenvalue weighted by Gasteiger charge is -2.19. The standard InChI is InChI=1S/C23H25ClN2O4S/c1-15-10-11-16(14-26-22(27)18-7-3-4-8-19(18)23(26)28)12-21(15)31(29,30)25-13-17-6-2-5-9-20(17)24/h2,5-6,9-12,18-19,25H,3-4,7-8,13-14H2,1H3/t18-,19-/m0/s1. The van der Waals surface area contributed by atoms with Gasteiger partial charge in [-0.15, -0.1) is 0 Å². The van der Waals surface area contributed by atoms with E-state index in [1.165, 1.54) is 4.90 Å². The van der Waals surface area contributed by atoms with Crippen LogP contribution in [-0.4, -0.2) is 25.1 Å². The van der Waals surface area contributed by atoms with Crippen LogP contribution in [0.4, 0.5) is 0 Å². The maximum Gasteiger partial charge on any atom is 0.241 e. The Labute approximate surface area is 187 Å². The third-order valence-electron chi connectivity index (χ3n) is 6.23. The van der Waals surface area contributed by atoms with Crippen LogP contribution in [0.25, 0.3) is 0 Å². The normalized spacial score (nSPS) is 21.4. The second-order valence-corrected chi connectivity index (χ2v) is 10.4. The Morgan fingerprint density at radius 3 is 2.32 bits per heavy atom. The van der Waals surface area contributed by atoms with Gasteiger partial charge in [-0.3, -0.25) is 14.5 Å². The molecule has 0 radical (unpaired) electrons. The third kappa shape index (κ3) is 4.40. The second-order valence-electron chi connectivity index (χ2n) is 8.28. The molecule has 1 saturated carbocycles. The Bertz CT molecular complexity index is 1110. The summed E-state index contributed by atoms with van der Waals surface area (Å²) in [6.07, 6.45) is 3.45. The van der Waals surface area contributed by atoms with E-state index in [0.29, 0.717) is 21.7 Å². The molecule has 2 amide bonds. The van der Waals surface area contributed by atoms with Crippen LogP contribution in [0.3, 0.4) is 0 Å². The number of benzene rings is 2. The molecule has 2 atom stereocenters. The highest BCUT2D eigenvalue weighted by Crippen LogP contribution is 2.38. The van der Waals surface area contributed by atoms with Crippen molar-refractivity contribution in [1.82, 2.24) is 9.62 Å². The molecule has 2 fully saturated rings. The smallest absolute Gasteiger partial charge is 0.241 e. The van der Waals surface area contributed by atoms with E-state index in [9.17, 15) is 18.0 Å². The van der Waals surface area contributed by atoms with Crippen LogP contribution in [0.2, 0.25) is 5.02 Å². The van der Waals surface area contributed by atoms with Gasteiger partial charge >= 0.3 is 0 Å². The van der Waals surface area contributed by atoms with Crippen molar-refractivity contribution < 1.29 is 18.0 Å². The molecule has 0 unspecified atom stereocenters. The van der Waals surface area contributed by atoms with Gasteiger partial charge in [0.1, 0.15) is 0 Å². The van der Waals surface area contributed by atoms with Gasteiger partial charge in [0.15, 0.2) is 0 Å². The number of hydrogen-bond acceptors (Lipinski definition) is 4. The Balaban J connectivity index is 1.53. The first-order chi connectivity index (χ1) is 14.8. The van der Waals surface area contributed by atoms with E-state index in [-0.39, 0.29) is 41.6 Å². The van der Waals surface area contributed by atoms with Gasteiger partial charge in [-0.2, -0.15) is 0 Å². The zero-order valence-corrected chi connectivity index (χ0v) is 18.9. The molecular formula is C23H25ClN2O4S. The van der Waals surface area contributed by atoms with Gasteiger partial charge in [-0.25, -0.2) is 13.1 Å². The maximum absolute atomic E-state index is 13.0. The zero-order chi connectivity index (χ0) is 22.2. The lowest BCUT2D eigenvalue weighted by Crippen LogP contribution is -2.30. The van der Waals surface area contributed by atoms with E-state index in [1.807, 2.05) is 0 Å². The molecule has 1 N–H and O–H groups in total. The summed E-state index contributed by atoms with van der Waals surface area (Å²) < 4.78 is 28.5. The van der Waals surface area contributed by atoms with Crippen LogP contribution in [0.1, 0.15) is 42.4 Å². The maximum atomic E-state index is 13.0. The van der Waals surface area contributed by atoms with Crippen molar-refractivity contribution >= 4 is 33.4 Å².